The van der Waals surface area contributed by atoms with Crippen LogP contribution in [0.2, 0.25) is 0 Å². The molecule has 1 saturated heterocycles. The van der Waals surface area contributed by atoms with Crippen LogP contribution >= 0.6 is 0 Å². The Bertz CT molecular complexity index is 343. The lowest BCUT2D eigenvalue weighted by Crippen LogP contribution is -2.24. The second kappa shape index (κ2) is 4.23. The SMILES string of the molecule is CC(c1cncc(F)c1)N1CC[C@H](F)C1. The van der Waals surface area contributed by atoms with Crippen molar-refractivity contribution in [3.05, 3.63) is 29.8 Å². The van der Waals surface area contributed by atoms with Gasteiger partial charge in [-0.05, 0) is 25.0 Å². The molecule has 1 aliphatic heterocycles. The van der Waals surface area contributed by atoms with E-state index in [1.165, 1.54) is 12.3 Å². The first-order valence-electron chi connectivity index (χ1n) is 5.15. The average Bonchev–Trinajstić information content (AvgIpc) is 2.64. The quantitative estimate of drug-likeness (QED) is 0.748. The van der Waals surface area contributed by atoms with Gasteiger partial charge < -0.3 is 0 Å². The van der Waals surface area contributed by atoms with Crippen LogP contribution in [0.25, 0.3) is 0 Å². The van der Waals surface area contributed by atoms with Crippen LogP contribution in [0.3, 0.4) is 0 Å². The van der Waals surface area contributed by atoms with Crippen molar-refractivity contribution in [1.29, 1.82) is 0 Å². The molecule has 1 aliphatic rings. The van der Waals surface area contributed by atoms with Gasteiger partial charge in [-0.25, -0.2) is 8.78 Å². The van der Waals surface area contributed by atoms with Crippen molar-refractivity contribution >= 4 is 0 Å². The summed E-state index contributed by atoms with van der Waals surface area (Å²) in [5.41, 5.74) is 0.809. The van der Waals surface area contributed by atoms with E-state index in [-0.39, 0.29) is 11.9 Å². The molecule has 2 rings (SSSR count). The lowest BCUT2D eigenvalue weighted by atomic mass is 10.1. The molecule has 2 nitrogen and oxygen atoms in total. The third-order valence-corrected chi connectivity index (χ3v) is 2.92. The molecule has 2 heterocycles. The van der Waals surface area contributed by atoms with Crippen molar-refractivity contribution in [3.63, 3.8) is 0 Å². The van der Waals surface area contributed by atoms with E-state index in [0.717, 1.165) is 12.1 Å². The maximum Gasteiger partial charge on any atom is 0.141 e. The van der Waals surface area contributed by atoms with Crippen molar-refractivity contribution in [3.8, 4) is 0 Å². The van der Waals surface area contributed by atoms with Gasteiger partial charge in [-0.1, -0.05) is 0 Å². The fraction of sp³-hybridized carbons (Fsp3) is 0.545. The highest BCUT2D eigenvalue weighted by Gasteiger charge is 2.26. The molecule has 0 saturated carbocycles. The van der Waals surface area contributed by atoms with Gasteiger partial charge in [-0.15, -0.1) is 0 Å². The van der Waals surface area contributed by atoms with E-state index in [1.807, 2.05) is 11.8 Å². The molecule has 1 fully saturated rings. The summed E-state index contributed by atoms with van der Waals surface area (Å²) in [7, 11) is 0. The second-order valence-electron chi connectivity index (χ2n) is 3.99. The van der Waals surface area contributed by atoms with Gasteiger partial charge >= 0.3 is 0 Å². The fourth-order valence-electron chi connectivity index (χ4n) is 1.96. The van der Waals surface area contributed by atoms with Crippen LogP contribution in [-0.2, 0) is 0 Å². The third kappa shape index (κ3) is 2.31. The van der Waals surface area contributed by atoms with Crippen LogP contribution in [0.4, 0.5) is 8.78 Å². The number of alkyl halides is 1. The Labute approximate surface area is 87.9 Å². The minimum atomic E-state index is -0.742. The molecule has 15 heavy (non-hydrogen) atoms. The van der Waals surface area contributed by atoms with Crippen molar-refractivity contribution in [2.75, 3.05) is 13.1 Å². The minimum absolute atomic E-state index is 0.0361. The van der Waals surface area contributed by atoms with Crippen molar-refractivity contribution < 1.29 is 8.78 Å². The first-order chi connectivity index (χ1) is 7.16. The molecule has 2 atom stereocenters. The molecule has 1 aromatic heterocycles. The van der Waals surface area contributed by atoms with Gasteiger partial charge in [0.2, 0.25) is 0 Å². The Kier molecular flexibility index (Phi) is 2.95. The monoisotopic (exact) mass is 212 g/mol. The van der Waals surface area contributed by atoms with Crippen LogP contribution in [0, 0.1) is 5.82 Å². The number of hydrogen-bond acceptors (Lipinski definition) is 2. The number of pyridine rings is 1. The van der Waals surface area contributed by atoms with E-state index >= 15 is 0 Å². The fourth-order valence-corrected chi connectivity index (χ4v) is 1.96. The molecule has 0 spiro atoms. The Hall–Kier alpha value is -1.03. The predicted octanol–water partition coefficient (Wildman–Crippen LogP) is 2.33. The summed E-state index contributed by atoms with van der Waals surface area (Å²) in [6, 6.07) is 1.50. The van der Waals surface area contributed by atoms with Gasteiger partial charge in [-0.2, -0.15) is 0 Å². The minimum Gasteiger partial charge on any atom is -0.294 e. The Morgan fingerprint density at radius 1 is 1.53 bits per heavy atom. The first-order valence-corrected chi connectivity index (χ1v) is 5.15. The Balaban J connectivity index is 2.10. The van der Waals surface area contributed by atoms with Gasteiger partial charge in [0, 0.05) is 25.3 Å². The van der Waals surface area contributed by atoms with Crippen molar-refractivity contribution in [1.82, 2.24) is 9.88 Å². The Morgan fingerprint density at radius 3 is 2.93 bits per heavy atom. The topological polar surface area (TPSA) is 16.1 Å². The normalized spacial score (nSPS) is 24.3. The van der Waals surface area contributed by atoms with Gasteiger partial charge in [0.25, 0.3) is 0 Å². The van der Waals surface area contributed by atoms with Crippen LogP contribution in [-0.4, -0.2) is 29.1 Å². The van der Waals surface area contributed by atoms with E-state index < -0.39 is 6.17 Å². The molecule has 0 amide bonds. The number of rotatable bonds is 2. The molecule has 0 N–H and O–H groups in total. The third-order valence-electron chi connectivity index (χ3n) is 2.92. The second-order valence-corrected chi connectivity index (χ2v) is 3.99. The molecular formula is C11H14F2N2. The number of likely N-dealkylation sites (tertiary alicyclic amines) is 1. The molecule has 0 aromatic carbocycles. The zero-order valence-electron chi connectivity index (χ0n) is 8.66. The van der Waals surface area contributed by atoms with E-state index in [0.29, 0.717) is 13.0 Å². The lowest BCUT2D eigenvalue weighted by molar-refractivity contribution is 0.235. The molecule has 1 unspecified atom stereocenters. The van der Waals surface area contributed by atoms with Crippen molar-refractivity contribution in [2.45, 2.75) is 25.6 Å². The molecular weight excluding hydrogens is 198 g/mol. The standard InChI is InChI=1S/C11H14F2N2/c1-8(15-3-2-10(12)7-15)9-4-11(13)6-14-5-9/h4-6,8,10H,2-3,7H2,1H3/t8?,10-/m0/s1. The van der Waals surface area contributed by atoms with Gasteiger partial charge in [0.05, 0.1) is 6.20 Å². The van der Waals surface area contributed by atoms with Gasteiger partial charge in [0.1, 0.15) is 12.0 Å². The van der Waals surface area contributed by atoms with Crippen molar-refractivity contribution in [2.24, 2.45) is 0 Å². The summed E-state index contributed by atoms with van der Waals surface area (Å²) >= 11 is 0. The molecule has 4 heteroatoms. The number of halogens is 2. The molecule has 0 radical (unpaired) electrons. The maximum atomic E-state index is 13.0. The van der Waals surface area contributed by atoms with E-state index in [9.17, 15) is 8.78 Å². The predicted molar refractivity (Wildman–Crippen MR) is 53.7 cm³/mol. The van der Waals surface area contributed by atoms with Crippen LogP contribution in [0.5, 0.6) is 0 Å². The largest absolute Gasteiger partial charge is 0.294 e. The number of hydrogen-bond donors (Lipinski definition) is 0. The zero-order valence-corrected chi connectivity index (χ0v) is 8.66. The summed E-state index contributed by atoms with van der Waals surface area (Å²) in [4.78, 5) is 5.82. The lowest BCUT2D eigenvalue weighted by Gasteiger charge is -2.23. The van der Waals surface area contributed by atoms with E-state index in [4.69, 9.17) is 0 Å². The Morgan fingerprint density at radius 2 is 2.33 bits per heavy atom. The first kappa shape index (κ1) is 10.5. The highest BCUT2D eigenvalue weighted by atomic mass is 19.1. The molecule has 1 aromatic rings. The van der Waals surface area contributed by atoms with Crippen LogP contribution in [0.1, 0.15) is 24.9 Å². The van der Waals surface area contributed by atoms with Crippen LogP contribution < -0.4 is 0 Å². The summed E-state index contributed by atoms with van der Waals surface area (Å²) in [5.74, 6) is -0.338. The summed E-state index contributed by atoms with van der Waals surface area (Å²) in [6.45, 7) is 3.13. The molecule has 82 valence electrons. The highest BCUT2D eigenvalue weighted by Crippen LogP contribution is 2.25. The number of nitrogens with zero attached hydrogens (tertiary/aromatic N) is 2. The summed E-state index contributed by atoms with van der Waals surface area (Å²) < 4.78 is 25.9. The maximum absolute atomic E-state index is 13.0. The van der Waals surface area contributed by atoms with E-state index in [2.05, 4.69) is 4.98 Å². The van der Waals surface area contributed by atoms with Gasteiger partial charge in [0.15, 0.2) is 0 Å². The molecule has 0 bridgehead atoms. The highest BCUT2D eigenvalue weighted by molar-refractivity contribution is 5.14. The number of aromatic nitrogens is 1. The molecule has 0 aliphatic carbocycles. The smallest absolute Gasteiger partial charge is 0.141 e. The van der Waals surface area contributed by atoms with Crippen LogP contribution in [0.15, 0.2) is 18.5 Å². The van der Waals surface area contributed by atoms with Gasteiger partial charge in [-0.3, -0.25) is 9.88 Å². The summed E-state index contributed by atoms with van der Waals surface area (Å²) in [5, 5.41) is 0. The van der Waals surface area contributed by atoms with E-state index in [1.54, 1.807) is 6.20 Å². The summed E-state index contributed by atoms with van der Waals surface area (Å²) in [6.07, 6.45) is 2.65. The average molecular weight is 212 g/mol. The zero-order chi connectivity index (χ0) is 10.8.